The number of aryl methyl sites for hydroxylation is 3. The van der Waals surface area contributed by atoms with Gasteiger partial charge in [0.2, 0.25) is 5.91 Å². The Kier molecular flexibility index (Phi) is 7.39. The molecule has 0 saturated carbocycles. The van der Waals surface area contributed by atoms with Crippen molar-refractivity contribution >= 4 is 28.9 Å². The topological polar surface area (TPSA) is 82.4 Å². The second-order valence-electron chi connectivity index (χ2n) is 10.1. The Morgan fingerprint density at radius 3 is 2.56 bits per heavy atom. The monoisotopic (exact) mass is 539 g/mol. The summed E-state index contributed by atoms with van der Waals surface area (Å²) in [6.07, 6.45) is 2.06. The summed E-state index contributed by atoms with van der Waals surface area (Å²) in [7, 11) is 0. The molecule has 0 bridgehead atoms. The van der Waals surface area contributed by atoms with Gasteiger partial charge in [-0.05, 0) is 93.0 Å². The van der Waals surface area contributed by atoms with Crippen molar-refractivity contribution in [2.24, 2.45) is 0 Å². The summed E-state index contributed by atoms with van der Waals surface area (Å²) in [5.41, 5.74) is 7.60. The number of hydrogen-bond acceptors (Lipinski definition) is 4. The molecule has 4 aromatic rings. The smallest absolute Gasteiger partial charge is 0.226 e. The largest absolute Gasteiger partial charge is 0.506 e. The number of hydrogen-bond donors (Lipinski definition) is 3. The molecule has 1 aliphatic heterocycles. The zero-order chi connectivity index (χ0) is 27.7. The first-order chi connectivity index (χ1) is 18.7. The fraction of sp³-hybridized carbons (Fsp3) is 0.258. The van der Waals surface area contributed by atoms with E-state index in [4.69, 9.17) is 12.2 Å². The van der Waals surface area contributed by atoms with Crippen LogP contribution in [0.2, 0.25) is 0 Å². The zero-order valence-corrected chi connectivity index (χ0v) is 23.4. The first kappa shape index (κ1) is 26.4. The van der Waals surface area contributed by atoms with Crippen LogP contribution in [0, 0.1) is 27.7 Å². The molecule has 200 valence electrons. The van der Waals surface area contributed by atoms with Crippen molar-refractivity contribution < 1.29 is 9.90 Å². The van der Waals surface area contributed by atoms with Crippen LogP contribution >= 0.6 is 12.2 Å². The van der Waals surface area contributed by atoms with E-state index in [1.165, 1.54) is 0 Å². The summed E-state index contributed by atoms with van der Waals surface area (Å²) >= 11 is 5.82. The van der Waals surface area contributed by atoms with Crippen molar-refractivity contribution in [3.8, 4) is 11.4 Å². The summed E-state index contributed by atoms with van der Waals surface area (Å²) in [4.78, 5) is 19.8. The van der Waals surface area contributed by atoms with E-state index in [1.807, 2.05) is 75.4 Å². The number of phenolic OH excluding ortho intramolecular Hbond substituents is 1. The molecular formula is C31H33N5O2S. The maximum absolute atomic E-state index is 13.0. The third kappa shape index (κ3) is 5.25. The van der Waals surface area contributed by atoms with E-state index in [0.29, 0.717) is 11.7 Å². The zero-order valence-electron chi connectivity index (χ0n) is 22.6. The summed E-state index contributed by atoms with van der Waals surface area (Å²) in [6, 6.07) is 21.0. The summed E-state index contributed by atoms with van der Waals surface area (Å²) < 4.78 is 2.06. The molecule has 0 aliphatic carbocycles. The number of para-hydroxylation sites is 2. The molecule has 1 fully saturated rings. The minimum atomic E-state index is -0.195. The lowest BCUT2D eigenvalue weighted by molar-refractivity contribution is -0.116. The number of carbonyl (C=O) groups is 1. The minimum absolute atomic E-state index is 0.0637. The first-order valence-electron chi connectivity index (χ1n) is 13.1. The molecule has 0 unspecified atom stereocenters. The molecule has 1 aliphatic rings. The number of amides is 1. The number of thiocarbonyl (C=S) groups is 1. The molecule has 2 aromatic carbocycles. The van der Waals surface area contributed by atoms with E-state index in [1.54, 1.807) is 12.3 Å². The Labute approximate surface area is 234 Å². The fourth-order valence-electron chi connectivity index (χ4n) is 5.40. The molecule has 5 rings (SSSR count). The van der Waals surface area contributed by atoms with Crippen LogP contribution in [-0.2, 0) is 4.79 Å². The molecular weight excluding hydrogens is 506 g/mol. The van der Waals surface area contributed by atoms with E-state index in [0.717, 1.165) is 45.1 Å². The number of carbonyl (C=O) groups excluding carboxylic acids is 1. The molecule has 7 nitrogen and oxygen atoms in total. The second kappa shape index (κ2) is 10.9. The number of pyridine rings is 1. The van der Waals surface area contributed by atoms with Gasteiger partial charge in [0.25, 0.3) is 0 Å². The van der Waals surface area contributed by atoms with E-state index >= 15 is 0 Å². The van der Waals surface area contributed by atoms with Crippen LogP contribution in [0.3, 0.4) is 0 Å². The number of aromatic nitrogens is 2. The van der Waals surface area contributed by atoms with Crippen LogP contribution in [-0.4, -0.2) is 37.1 Å². The minimum Gasteiger partial charge on any atom is -0.506 e. The third-order valence-electron chi connectivity index (χ3n) is 7.36. The highest BCUT2D eigenvalue weighted by Gasteiger charge is 2.41. The van der Waals surface area contributed by atoms with Crippen LogP contribution in [0.15, 0.2) is 72.9 Å². The quantitative estimate of drug-likeness (QED) is 0.257. The van der Waals surface area contributed by atoms with Gasteiger partial charge in [0, 0.05) is 36.2 Å². The number of nitrogens with one attached hydrogen (secondary N) is 2. The van der Waals surface area contributed by atoms with Gasteiger partial charge in [0.1, 0.15) is 5.75 Å². The van der Waals surface area contributed by atoms with Crippen LogP contribution < -0.4 is 10.6 Å². The molecule has 3 heterocycles. The number of anilines is 1. The molecule has 2 aromatic heterocycles. The van der Waals surface area contributed by atoms with Gasteiger partial charge in [-0.1, -0.05) is 30.3 Å². The van der Waals surface area contributed by atoms with Crippen molar-refractivity contribution in [2.45, 2.75) is 46.2 Å². The fourth-order valence-corrected chi connectivity index (χ4v) is 5.73. The SMILES string of the molecule is Cc1ccc(C)c(NC(=O)CCN2C(=S)N[C@@H](c3ccccn3)[C@@H]2c2cc(C)n(-c3ccccc3O)c2C)c1. The highest BCUT2D eigenvalue weighted by Crippen LogP contribution is 2.42. The molecule has 0 spiro atoms. The standard InChI is InChI=1S/C31H33N5O2S/c1-19-12-13-20(2)25(17-19)33-28(38)14-16-35-30(29(34-31(35)39)24-9-7-8-15-32-24)23-18-21(3)36(22(23)4)26-10-5-6-11-27(26)37/h5-13,15,17-18,29-30,37H,14,16H2,1-4H3,(H,33,38)(H,34,39)/t29-,30-/m0/s1. The third-order valence-corrected chi connectivity index (χ3v) is 7.71. The average Bonchev–Trinajstić information content (AvgIpc) is 3.40. The Hall–Kier alpha value is -4.17. The van der Waals surface area contributed by atoms with Gasteiger partial charge >= 0.3 is 0 Å². The normalized spacial score (nSPS) is 16.8. The maximum atomic E-state index is 13.0. The van der Waals surface area contributed by atoms with Gasteiger partial charge in [-0.2, -0.15) is 0 Å². The van der Waals surface area contributed by atoms with E-state index in [-0.39, 0.29) is 30.2 Å². The molecule has 1 saturated heterocycles. The number of benzene rings is 2. The second-order valence-corrected chi connectivity index (χ2v) is 10.5. The number of nitrogens with zero attached hydrogens (tertiary/aromatic N) is 3. The molecule has 3 N–H and O–H groups in total. The molecule has 39 heavy (non-hydrogen) atoms. The summed E-state index contributed by atoms with van der Waals surface area (Å²) in [6.45, 7) is 8.52. The highest BCUT2D eigenvalue weighted by molar-refractivity contribution is 7.80. The Morgan fingerprint density at radius 2 is 1.82 bits per heavy atom. The predicted octanol–water partition coefficient (Wildman–Crippen LogP) is 5.81. The summed E-state index contributed by atoms with van der Waals surface area (Å²) in [5.74, 6) is 0.151. The van der Waals surface area contributed by atoms with Crippen LogP contribution in [0.4, 0.5) is 5.69 Å². The van der Waals surface area contributed by atoms with Gasteiger partial charge in [-0.3, -0.25) is 9.78 Å². The van der Waals surface area contributed by atoms with Crippen LogP contribution in [0.25, 0.3) is 5.69 Å². The van der Waals surface area contributed by atoms with E-state index < -0.39 is 0 Å². The molecule has 8 heteroatoms. The Balaban J connectivity index is 1.48. The van der Waals surface area contributed by atoms with Gasteiger partial charge in [-0.25, -0.2) is 0 Å². The number of aromatic hydroxyl groups is 1. The van der Waals surface area contributed by atoms with Gasteiger partial charge < -0.3 is 25.2 Å². The van der Waals surface area contributed by atoms with Gasteiger partial charge in [-0.15, -0.1) is 0 Å². The van der Waals surface area contributed by atoms with Crippen molar-refractivity contribution in [2.75, 3.05) is 11.9 Å². The van der Waals surface area contributed by atoms with E-state index in [2.05, 4.69) is 38.1 Å². The van der Waals surface area contributed by atoms with Gasteiger partial charge in [0.05, 0.1) is 23.5 Å². The molecule has 2 atom stereocenters. The number of rotatable bonds is 7. The van der Waals surface area contributed by atoms with Crippen LogP contribution in [0.5, 0.6) is 5.75 Å². The maximum Gasteiger partial charge on any atom is 0.226 e. The van der Waals surface area contributed by atoms with Crippen LogP contribution in [0.1, 0.15) is 52.3 Å². The number of phenols is 1. The van der Waals surface area contributed by atoms with Crippen molar-refractivity contribution in [1.82, 2.24) is 19.8 Å². The summed E-state index contributed by atoms with van der Waals surface area (Å²) in [5, 5.41) is 17.7. The van der Waals surface area contributed by atoms with Crippen molar-refractivity contribution in [3.63, 3.8) is 0 Å². The Morgan fingerprint density at radius 1 is 1.05 bits per heavy atom. The highest BCUT2D eigenvalue weighted by atomic mass is 32.1. The Bertz CT molecular complexity index is 1530. The van der Waals surface area contributed by atoms with E-state index in [9.17, 15) is 9.90 Å². The predicted molar refractivity (Wildman–Crippen MR) is 158 cm³/mol. The molecule has 0 radical (unpaired) electrons. The lowest BCUT2D eigenvalue weighted by Gasteiger charge is -2.28. The van der Waals surface area contributed by atoms with Crippen molar-refractivity contribution in [1.29, 1.82) is 0 Å². The lowest BCUT2D eigenvalue weighted by atomic mass is 9.96. The lowest BCUT2D eigenvalue weighted by Crippen LogP contribution is -2.33. The van der Waals surface area contributed by atoms with Crippen molar-refractivity contribution in [3.05, 3.63) is 107 Å². The van der Waals surface area contributed by atoms with Gasteiger partial charge in [0.15, 0.2) is 5.11 Å². The first-order valence-corrected chi connectivity index (χ1v) is 13.5. The average molecular weight is 540 g/mol. The molecule has 1 amide bonds.